The Bertz CT molecular complexity index is 808. The summed E-state index contributed by atoms with van der Waals surface area (Å²) in [6, 6.07) is 0. The summed E-state index contributed by atoms with van der Waals surface area (Å²) in [6.07, 6.45) is 12.7. The summed E-state index contributed by atoms with van der Waals surface area (Å²) in [5.41, 5.74) is 1.27. The van der Waals surface area contributed by atoms with Crippen molar-refractivity contribution in [1.82, 2.24) is 0 Å². The van der Waals surface area contributed by atoms with Crippen LogP contribution in [0.1, 0.15) is 71.6 Å². The van der Waals surface area contributed by atoms with E-state index in [1.54, 1.807) is 12.2 Å². The topological polar surface area (TPSA) is 74.6 Å². The maximum absolute atomic E-state index is 12.0. The molecule has 158 valence electrons. The molecule has 1 unspecified atom stereocenters. The molecule has 0 heterocycles. The Morgan fingerprint density at radius 3 is 2.66 bits per heavy atom. The molecular weight excluding hydrogens is 364 g/mol. The lowest BCUT2D eigenvalue weighted by Gasteiger charge is -2.58. The number of unbranched alkanes of at least 4 members (excludes halogenated alkanes) is 1. The van der Waals surface area contributed by atoms with Crippen molar-refractivity contribution in [3.05, 3.63) is 36.0 Å². The van der Waals surface area contributed by atoms with E-state index in [1.165, 1.54) is 0 Å². The molecule has 0 aromatic carbocycles. The third kappa shape index (κ3) is 3.06. The van der Waals surface area contributed by atoms with Gasteiger partial charge in [0.1, 0.15) is 0 Å². The first-order chi connectivity index (χ1) is 13.6. The van der Waals surface area contributed by atoms with E-state index in [4.69, 9.17) is 5.11 Å². The van der Waals surface area contributed by atoms with E-state index in [-0.39, 0.29) is 23.0 Å². The number of carbonyl (C=O) groups excluding carboxylic acids is 1. The molecule has 4 nitrogen and oxygen atoms in total. The Labute approximate surface area is 173 Å². The van der Waals surface area contributed by atoms with Crippen LogP contribution >= 0.6 is 0 Å². The van der Waals surface area contributed by atoms with E-state index in [9.17, 15) is 14.7 Å². The van der Waals surface area contributed by atoms with Gasteiger partial charge in [-0.25, -0.2) is 0 Å². The fourth-order valence-electron chi connectivity index (χ4n) is 7.42. The predicted molar refractivity (Wildman–Crippen MR) is 112 cm³/mol. The molecule has 6 atom stereocenters. The van der Waals surface area contributed by atoms with Crippen LogP contribution < -0.4 is 0 Å². The third-order valence-corrected chi connectivity index (χ3v) is 9.08. The van der Waals surface area contributed by atoms with Gasteiger partial charge in [0.15, 0.2) is 5.78 Å². The van der Waals surface area contributed by atoms with Crippen LogP contribution in [0.3, 0.4) is 0 Å². The summed E-state index contributed by atoms with van der Waals surface area (Å²) in [7, 11) is 0. The second-order valence-corrected chi connectivity index (χ2v) is 10.4. The number of fused-ring (bicyclic) bond motifs is 5. The van der Waals surface area contributed by atoms with Crippen molar-refractivity contribution in [2.24, 2.45) is 28.6 Å². The average molecular weight is 399 g/mol. The molecule has 0 aromatic heterocycles. The van der Waals surface area contributed by atoms with Crippen LogP contribution in [0.25, 0.3) is 0 Å². The van der Waals surface area contributed by atoms with Crippen molar-refractivity contribution >= 4 is 11.8 Å². The Hall–Kier alpha value is -1.68. The Kier molecular flexibility index (Phi) is 4.92. The standard InChI is InChI=1S/C25H34O4/c1-16-14-18-19(23(2)11-7-17(26)15-21(16)23)8-12-24(3)20(18)9-13-25(24,29)10-5-4-6-22(27)28/h7,11,15,18-20,29H,1,4-6,8-10,12-14H2,2-3H3,(H,27,28)/t18-,19-,20+,23-,24+,25?/m1/s1. The van der Waals surface area contributed by atoms with Gasteiger partial charge in [-0.2, -0.15) is 0 Å². The smallest absolute Gasteiger partial charge is 0.303 e. The van der Waals surface area contributed by atoms with Crippen molar-refractivity contribution in [3.63, 3.8) is 0 Å². The van der Waals surface area contributed by atoms with Gasteiger partial charge in [0.05, 0.1) is 5.60 Å². The average Bonchev–Trinajstić information content (AvgIpc) is 2.92. The quantitative estimate of drug-likeness (QED) is 0.650. The van der Waals surface area contributed by atoms with E-state index in [2.05, 4.69) is 26.5 Å². The molecule has 2 N–H and O–H groups in total. The number of carbonyl (C=O) groups is 2. The first kappa shape index (κ1) is 20.6. The Morgan fingerprint density at radius 2 is 1.93 bits per heavy atom. The summed E-state index contributed by atoms with van der Waals surface area (Å²) >= 11 is 0. The van der Waals surface area contributed by atoms with Crippen molar-refractivity contribution in [3.8, 4) is 0 Å². The SMILES string of the molecule is C=C1C[C@@H]2[C@@H](CC[C@@]3(C)[C@H]2CCC3(O)CCCCC(=O)O)[C@@]2(C)C=CC(=O)C=C12. The summed E-state index contributed by atoms with van der Waals surface area (Å²) in [4.78, 5) is 22.8. The van der Waals surface area contributed by atoms with Gasteiger partial charge in [0.2, 0.25) is 0 Å². The second kappa shape index (κ2) is 6.94. The summed E-state index contributed by atoms with van der Waals surface area (Å²) in [6.45, 7) is 8.88. The molecule has 0 saturated heterocycles. The molecule has 4 rings (SSSR count). The monoisotopic (exact) mass is 398 g/mol. The highest BCUT2D eigenvalue weighted by Gasteiger charge is 2.63. The lowest BCUT2D eigenvalue weighted by molar-refractivity contribution is -0.137. The number of hydrogen-bond donors (Lipinski definition) is 2. The zero-order valence-electron chi connectivity index (χ0n) is 17.7. The van der Waals surface area contributed by atoms with Crippen molar-refractivity contribution in [2.45, 2.75) is 77.2 Å². The maximum Gasteiger partial charge on any atom is 0.303 e. The summed E-state index contributed by atoms with van der Waals surface area (Å²) in [5.74, 6) is 0.719. The van der Waals surface area contributed by atoms with Crippen LogP contribution in [-0.2, 0) is 9.59 Å². The molecule has 0 aliphatic heterocycles. The molecule has 0 spiro atoms. The van der Waals surface area contributed by atoms with E-state index >= 15 is 0 Å². The highest BCUT2D eigenvalue weighted by Crippen LogP contribution is 2.68. The van der Waals surface area contributed by atoms with E-state index < -0.39 is 11.6 Å². The minimum absolute atomic E-state index is 0.0642. The molecule has 0 aromatic rings. The molecule has 0 bridgehead atoms. The number of ketones is 1. The minimum atomic E-state index is -0.759. The minimum Gasteiger partial charge on any atom is -0.481 e. The number of carboxylic acids is 1. The van der Waals surface area contributed by atoms with Crippen LogP contribution in [0.15, 0.2) is 36.0 Å². The lowest BCUT2D eigenvalue weighted by Crippen LogP contribution is -2.54. The molecule has 3 fully saturated rings. The van der Waals surface area contributed by atoms with Gasteiger partial charge in [-0.05, 0) is 92.3 Å². The number of aliphatic hydroxyl groups is 1. The highest BCUT2D eigenvalue weighted by atomic mass is 16.4. The number of hydrogen-bond acceptors (Lipinski definition) is 3. The van der Waals surface area contributed by atoms with Crippen LogP contribution in [-0.4, -0.2) is 27.6 Å². The first-order valence-corrected chi connectivity index (χ1v) is 11.2. The van der Waals surface area contributed by atoms with Crippen molar-refractivity contribution < 1.29 is 19.8 Å². The fraction of sp³-hybridized carbons (Fsp3) is 0.680. The molecule has 4 aliphatic rings. The van der Waals surface area contributed by atoms with E-state index in [1.807, 2.05) is 0 Å². The van der Waals surface area contributed by atoms with Crippen LogP contribution in [0.5, 0.6) is 0 Å². The molecule has 3 saturated carbocycles. The van der Waals surface area contributed by atoms with Crippen molar-refractivity contribution in [2.75, 3.05) is 0 Å². The molecule has 4 heteroatoms. The second-order valence-electron chi connectivity index (χ2n) is 10.4. The summed E-state index contributed by atoms with van der Waals surface area (Å²) in [5, 5.41) is 20.6. The van der Waals surface area contributed by atoms with Gasteiger partial charge in [0.25, 0.3) is 0 Å². The number of rotatable bonds is 5. The van der Waals surface area contributed by atoms with E-state index in [0.717, 1.165) is 49.7 Å². The zero-order valence-corrected chi connectivity index (χ0v) is 17.7. The van der Waals surface area contributed by atoms with Crippen molar-refractivity contribution in [1.29, 1.82) is 0 Å². The highest BCUT2D eigenvalue weighted by molar-refractivity contribution is 6.01. The number of carboxylic acid groups (broad SMARTS) is 1. The van der Waals surface area contributed by atoms with E-state index in [0.29, 0.717) is 30.6 Å². The molecule has 4 aliphatic carbocycles. The molecule has 0 radical (unpaired) electrons. The molecule has 29 heavy (non-hydrogen) atoms. The van der Waals surface area contributed by atoms with Gasteiger partial charge in [0, 0.05) is 11.8 Å². The largest absolute Gasteiger partial charge is 0.481 e. The third-order valence-electron chi connectivity index (χ3n) is 9.08. The zero-order chi connectivity index (χ0) is 21.0. The number of aliphatic carboxylic acids is 1. The van der Waals surface area contributed by atoms with Gasteiger partial charge in [-0.3, -0.25) is 9.59 Å². The number of allylic oxidation sites excluding steroid dienone is 5. The van der Waals surface area contributed by atoms with Crippen LogP contribution in [0, 0.1) is 28.6 Å². The van der Waals surface area contributed by atoms with Gasteiger partial charge in [-0.1, -0.05) is 32.1 Å². The van der Waals surface area contributed by atoms with Gasteiger partial charge in [-0.15, -0.1) is 0 Å². The van der Waals surface area contributed by atoms with Crippen LogP contribution in [0.2, 0.25) is 0 Å². The molecular formula is C25H34O4. The fourth-order valence-corrected chi connectivity index (χ4v) is 7.42. The predicted octanol–water partition coefficient (Wildman–Crippen LogP) is 4.84. The Balaban J connectivity index is 1.56. The first-order valence-electron chi connectivity index (χ1n) is 11.2. The normalized spacial score (nSPS) is 43.4. The van der Waals surface area contributed by atoms with Crippen LogP contribution in [0.4, 0.5) is 0 Å². The maximum atomic E-state index is 12.0. The lowest BCUT2D eigenvalue weighted by atomic mass is 9.46. The molecule has 0 amide bonds. The summed E-state index contributed by atoms with van der Waals surface area (Å²) < 4.78 is 0. The van der Waals surface area contributed by atoms with Gasteiger partial charge < -0.3 is 10.2 Å². The van der Waals surface area contributed by atoms with Gasteiger partial charge >= 0.3 is 5.97 Å². The Morgan fingerprint density at radius 1 is 1.21 bits per heavy atom.